The Kier molecular flexibility index (Phi) is 2.84. The number of aryl methyl sites for hydroxylation is 1. The van der Waals surface area contributed by atoms with Gasteiger partial charge in [-0.25, -0.2) is 9.97 Å². The van der Waals surface area contributed by atoms with Gasteiger partial charge in [0.25, 0.3) is 0 Å². The Morgan fingerprint density at radius 1 is 1.00 bits per heavy atom. The SMILES string of the molecule is Cc1ccc(-c2nc(Cl)c3cc(O)ccc3n2)cc1. The summed E-state index contributed by atoms with van der Waals surface area (Å²) in [6, 6.07) is 12.8. The van der Waals surface area contributed by atoms with Gasteiger partial charge in [0.15, 0.2) is 5.82 Å². The monoisotopic (exact) mass is 270 g/mol. The molecule has 94 valence electrons. The second-order valence-corrected chi connectivity index (χ2v) is 4.76. The number of phenols is 1. The van der Waals surface area contributed by atoms with Crippen LogP contribution in [-0.4, -0.2) is 15.1 Å². The van der Waals surface area contributed by atoms with Crippen molar-refractivity contribution in [2.75, 3.05) is 0 Å². The molecule has 0 aliphatic rings. The van der Waals surface area contributed by atoms with Crippen LogP contribution in [0, 0.1) is 6.92 Å². The van der Waals surface area contributed by atoms with Gasteiger partial charge in [0.2, 0.25) is 0 Å². The lowest BCUT2D eigenvalue weighted by Crippen LogP contribution is -1.91. The van der Waals surface area contributed by atoms with E-state index in [-0.39, 0.29) is 5.75 Å². The minimum absolute atomic E-state index is 0.154. The van der Waals surface area contributed by atoms with Gasteiger partial charge in [0, 0.05) is 10.9 Å². The van der Waals surface area contributed by atoms with Gasteiger partial charge < -0.3 is 5.11 Å². The Balaban J connectivity index is 2.20. The van der Waals surface area contributed by atoms with Gasteiger partial charge in [-0.15, -0.1) is 0 Å². The summed E-state index contributed by atoms with van der Waals surface area (Å²) in [6.07, 6.45) is 0. The highest BCUT2D eigenvalue weighted by molar-refractivity contribution is 6.34. The van der Waals surface area contributed by atoms with Gasteiger partial charge >= 0.3 is 0 Å². The van der Waals surface area contributed by atoms with Gasteiger partial charge in [0.1, 0.15) is 10.9 Å². The third-order valence-electron chi connectivity index (χ3n) is 2.94. The second-order valence-electron chi connectivity index (χ2n) is 4.41. The molecule has 0 atom stereocenters. The molecule has 0 saturated carbocycles. The van der Waals surface area contributed by atoms with Crippen molar-refractivity contribution in [1.82, 2.24) is 9.97 Å². The van der Waals surface area contributed by atoms with Crippen LogP contribution in [0.1, 0.15) is 5.56 Å². The normalized spacial score (nSPS) is 10.8. The Labute approximate surface area is 115 Å². The summed E-state index contributed by atoms with van der Waals surface area (Å²) in [5, 5.41) is 10.5. The standard InChI is InChI=1S/C15H11ClN2O/c1-9-2-4-10(5-3-9)15-17-13-7-6-11(19)8-12(13)14(16)18-15/h2-8,19H,1H3. The molecule has 1 heterocycles. The van der Waals surface area contributed by atoms with Crippen LogP contribution < -0.4 is 0 Å². The fourth-order valence-corrected chi connectivity index (χ4v) is 2.14. The first-order valence-electron chi connectivity index (χ1n) is 5.87. The number of benzene rings is 2. The number of rotatable bonds is 1. The zero-order chi connectivity index (χ0) is 13.4. The number of aromatic nitrogens is 2. The molecule has 4 heteroatoms. The van der Waals surface area contributed by atoms with Crippen molar-refractivity contribution in [3.05, 3.63) is 53.2 Å². The first-order chi connectivity index (χ1) is 9.13. The molecular formula is C15H11ClN2O. The minimum atomic E-state index is 0.154. The lowest BCUT2D eigenvalue weighted by atomic mass is 10.1. The number of halogens is 1. The van der Waals surface area contributed by atoms with Crippen LogP contribution in [0.2, 0.25) is 5.15 Å². The summed E-state index contributed by atoms with van der Waals surface area (Å²) in [6.45, 7) is 2.03. The van der Waals surface area contributed by atoms with Crippen LogP contribution in [0.4, 0.5) is 0 Å². The molecule has 0 saturated heterocycles. The van der Waals surface area contributed by atoms with Crippen molar-refractivity contribution in [2.24, 2.45) is 0 Å². The number of fused-ring (bicyclic) bond motifs is 1. The van der Waals surface area contributed by atoms with E-state index >= 15 is 0 Å². The molecule has 3 nitrogen and oxygen atoms in total. The number of hydrogen-bond acceptors (Lipinski definition) is 3. The van der Waals surface area contributed by atoms with Crippen LogP contribution in [0.5, 0.6) is 5.75 Å². The fraction of sp³-hybridized carbons (Fsp3) is 0.0667. The third kappa shape index (κ3) is 2.25. The first kappa shape index (κ1) is 11.9. The van der Waals surface area contributed by atoms with Crippen molar-refractivity contribution in [1.29, 1.82) is 0 Å². The van der Waals surface area contributed by atoms with Crippen molar-refractivity contribution in [2.45, 2.75) is 6.92 Å². The van der Waals surface area contributed by atoms with E-state index in [1.807, 2.05) is 31.2 Å². The van der Waals surface area contributed by atoms with Gasteiger partial charge in [-0.1, -0.05) is 41.4 Å². The number of aromatic hydroxyl groups is 1. The van der Waals surface area contributed by atoms with Gasteiger partial charge in [-0.3, -0.25) is 0 Å². The van der Waals surface area contributed by atoms with E-state index < -0.39 is 0 Å². The van der Waals surface area contributed by atoms with Crippen molar-refractivity contribution < 1.29 is 5.11 Å². The molecule has 0 aliphatic heterocycles. The number of hydrogen-bond donors (Lipinski definition) is 1. The number of phenolic OH excluding ortho intramolecular Hbond substituents is 1. The van der Waals surface area contributed by atoms with E-state index in [9.17, 15) is 5.11 Å². The minimum Gasteiger partial charge on any atom is -0.508 e. The predicted molar refractivity (Wildman–Crippen MR) is 76.4 cm³/mol. The zero-order valence-corrected chi connectivity index (χ0v) is 11.0. The predicted octanol–water partition coefficient (Wildman–Crippen LogP) is 3.96. The Morgan fingerprint density at radius 3 is 2.47 bits per heavy atom. The van der Waals surface area contributed by atoms with E-state index in [0.29, 0.717) is 21.9 Å². The maximum atomic E-state index is 9.46. The van der Waals surface area contributed by atoms with Crippen molar-refractivity contribution >= 4 is 22.5 Å². The molecule has 0 fully saturated rings. The van der Waals surface area contributed by atoms with Gasteiger partial charge in [-0.2, -0.15) is 0 Å². The Bertz CT molecular complexity index is 754. The molecule has 0 unspecified atom stereocenters. The molecule has 2 aromatic carbocycles. The molecule has 0 bridgehead atoms. The lowest BCUT2D eigenvalue weighted by molar-refractivity contribution is 0.476. The van der Waals surface area contributed by atoms with Crippen LogP contribution >= 0.6 is 11.6 Å². The molecular weight excluding hydrogens is 260 g/mol. The zero-order valence-electron chi connectivity index (χ0n) is 10.3. The average Bonchev–Trinajstić information content (AvgIpc) is 2.40. The molecule has 3 rings (SSSR count). The molecule has 0 radical (unpaired) electrons. The lowest BCUT2D eigenvalue weighted by Gasteiger charge is -2.05. The van der Waals surface area contributed by atoms with Gasteiger partial charge in [-0.05, 0) is 25.1 Å². The van der Waals surface area contributed by atoms with Crippen LogP contribution in [-0.2, 0) is 0 Å². The van der Waals surface area contributed by atoms with E-state index in [2.05, 4.69) is 9.97 Å². The summed E-state index contributed by atoms with van der Waals surface area (Å²) >= 11 is 6.15. The summed E-state index contributed by atoms with van der Waals surface area (Å²) in [5.41, 5.74) is 2.82. The third-order valence-corrected chi connectivity index (χ3v) is 3.23. The van der Waals surface area contributed by atoms with Crippen LogP contribution in [0.25, 0.3) is 22.3 Å². The molecule has 1 N–H and O–H groups in total. The first-order valence-corrected chi connectivity index (χ1v) is 6.24. The summed E-state index contributed by atoms with van der Waals surface area (Å²) in [5.74, 6) is 0.740. The summed E-state index contributed by atoms with van der Waals surface area (Å²) in [4.78, 5) is 8.76. The van der Waals surface area contributed by atoms with E-state index in [0.717, 1.165) is 5.56 Å². The Morgan fingerprint density at radius 2 is 1.74 bits per heavy atom. The molecule has 3 aromatic rings. The van der Waals surface area contributed by atoms with Gasteiger partial charge in [0.05, 0.1) is 5.52 Å². The van der Waals surface area contributed by atoms with E-state index in [1.165, 1.54) is 5.56 Å². The highest BCUT2D eigenvalue weighted by Gasteiger charge is 2.08. The van der Waals surface area contributed by atoms with E-state index in [1.54, 1.807) is 18.2 Å². The maximum absolute atomic E-state index is 9.46. The van der Waals surface area contributed by atoms with Crippen LogP contribution in [0.15, 0.2) is 42.5 Å². The van der Waals surface area contributed by atoms with Crippen molar-refractivity contribution in [3.8, 4) is 17.1 Å². The van der Waals surface area contributed by atoms with E-state index in [4.69, 9.17) is 11.6 Å². The highest BCUT2D eigenvalue weighted by Crippen LogP contribution is 2.27. The van der Waals surface area contributed by atoms with Crippen LogP contribution in [0.3, 0.4) is 0 Å². The average molecular weight is 271 g/mol. The molecule has 0 aliphatic carbocycles. The smallest absolute Gasteiger partial charge is 0.161 e. The Hall–Kier alpha value is -2.13. The highest BCUT2D eigenvalue weighted by atomic mass is 35.5. The largest absolute Gasteiger partial charge is 0.508 e. The second kappa shape index (κ2) is 4.52. The number of nitrogens with zero attached hydrogens (tertiary/aromatic N) is 2. The summed E-state index contributed by atoms with van der Waals surface area (Å²) in [7, 11) is 0. The quantitative estimate of drug-likeness (QED) is 0.681. The molecule has 0 amide bonds. The maximum Gasteiger partial charge on any atom is 0.161 e. The van der Waals surface area contributed by atoms with Crippen molar-refractivity contribution in [3.63, 3.8) is 0 Å². The fourth-order valence-electron chi connectivity index (χ4n) is 1.91. The molecule has 19 heavy (non-hydrogen) atoms. The molecule has 1 aromatic heterocycles. The molecule has 0 spiro atoms. The topological polar surface area (TPSA) is 46.0 Å². The summed E-state index contributed by atoms with van der Waals surface area (Å²) < 4.78 is 0.